The average molecular weight is 273 g/mol. The molecular formula is C15H13ClN2O. The summed E-state index contributed by atoms with van der Waals surface area (Å²) in [5, 5.41) is 3.63. The maximum absolute atomic E-state index is 12.1. The van der Waals surface area contributed by atoms with E-state index in [0.717, 1.165) is 11.3 Å². The van der Waals surface area contributed by atoms with E-state index < -0.39 is 0 Å². The van der Waals surface area contributed by atoms with Crippen molar-refractivity contribution in [3.05, 3.63) is 64.7 Å². The largest absolute Gasteiger partial charge is 0.350 e. The number of amides is 1. The molecule has 2 aromatic rings. The van der Waals surface area contributed by atoms with Crippen LogP contribution in [0.1, 0.15) is 22.1 Å². The maximum atomic E-state index is 12.1. The van der Waals surface area contributed by atoms with Gasteiger partial charge < -0.3 is 10.2 Å². The van der Waals surface area contributed by atoms with Gasteiger partial charge in [-0.2, -0.15) is 0 Å². The molecule has 96 valence electrons. The third kappa shape index (κ3) is 1.96. The third-order valence-electron chi connectivity index (χ3n) is 3.38. The van der Waals surface area contributed by atoms with E-state index in [1.165, 1.54) is 0 Å². The Hall–Kier alpha value is -2.00. The number of carbonyl (C=O) groups is 1. The number of nitrogens with zero attached hydrogens (tertiary/aromatic N) is 1. The molecule has 1 N–H and O–H groups in total. The molecule has 1 amide bonds. The lowest BCUT2D eigenvalue weighted by atomic mass is 10.0. The summed E-state index contributed by atoms with van der Waals surface area (Å²) < 4.78 is 0. The highest BCUT2D eigenvalue weighted by Crippen LogP contribution is 2.33. The Morgan fingerprint density at radius 1 is 1.11 bits per heavy atom. The van der Waals surface area contributed by atoms with Gasteiger partial charge in [-0.15, -0.1) is 0 Å². The smallest absolute Gasteiger partial charge is 0.255 e. The van der Waals surface area contributed by atoms with Gasteiger partial charge in [0.05, 0.1) is 11.3 Å². The summed E-state index contributed by atoms with van der Waals surface area (Å²) in [5.41, 5.74) is 2.50. The number of para-hydroxylation sites is 1. The topological polar surface area (TPSA) is 32.3 Å². The van der Waals surface area contributed by atoms with Crippen LogP contribution in [0.2, 0.25) is 5.02 Å². The van der Waals surface area contributed by atoms with Crippen molar-refractivity contribution in [1.29, 1.82) is 0 Å². The first kappa shape index (κ1) is 12.1. The van der Waals surface area contributed by atoms with Gasteiger partial charge in [-0.25, -0.2) is 0 Å². The number of carbonyl (C=O) groups excluding carboxylic acids is 1. The van der Waals surface area contributed by atoms with Gasteiger partial charge in [0.25, 0.3) is 5.91 Å². The summed E-state index contributed by atoms with van der Waals surface area (Å²) in [6.45, 7) is 0. The van der Waals surface area contributed by atoms with Gasteiger partial charge in [0.2, 0.25) is 0 Å². The van der Waals surface area contributed by atoms with Crippen LogP contribution in [0.4, 0.5) is 5.69 Å². The average Bonchev–Trinajstić information content (AvgIpc) is 2.44. The van der Waals surface area contributed by atoms with Crippen LogP contribution in [0.3, 0.4) is 0 Å². The first-order valence-electron chi connectivity index (χ1n) is 6.05. The van der Waals surface area contributed by atoms with Crippen molar-refractivity contribution >= 4 is 23.2 Å². The Balaban J connectivity index is 2.08. The zero-order valence-electron chi connectivity index (χ0n) is 10.4. The Labute approximate surface area is 116 Å². The summed E-state index contributed by atoms with van der Waals surface area (Å²) in [5.74, 6) is -0.0707. The molecule has 1 aliphatic heterocycles. The molecule has 1 atom stereocenters. The Kier molecular flexibility index (Phi) is 2.91. The first-order chi connectivity index (χ1) is 9.18. The molecule has 3 rings (SSSR count). The number of fused-ring (bicyclic) bond motifs is 1. The monoisotopic (exact) mass is 272 g/mol. The summed E-state index contributed by atoms with van der Waals surface area (Å²) in [6, 6.07) is 15.1. The molecule has 0 radical (unpaired) electrons. The minimum atomic E-state index is -0.240. The molecule has 0 spiro atoms. The summed E-state index contributed by atoms with van der Waals surface area (Å²) >= 11 is 6.22. The summed E-state index contributed by atoms with van der Waals surface area (Å²) in [7, 11) is 1.95. The number of benzene rings is 2. The van der Waals surface area contributed by atoms with E-state index in [-0.39, 0.29) is 12.1 Å². The molecule has 0 aromatic heterocycles. The lowest BCUT2D eigenvalue weighted by molar-refractivity contribution is 0.0928. The van der Waals surface area contributed by atoms with Crippen LogP contribution in [-0.2, 0) is 0 Å². The van der Waals surface area contributed by atoms with Crippen LogP contribution in [0.15, 0.2) is 48.5 Å². The number of anilines is 1. The van der Waals surface area contributed by atoms with Gasteiger partial charge in [-0.05, 0) is 18.2 Å². The molecule has 19 heavy (non-hydrogen) atoms. The van der Waals surface area contributed by atoms with E-state index in [2.05, 4.69) is 5.32 Å². The van der Waals surface area contributed by atoms with Crippen LogP contribution in [0.5, 0.6) is 0 Å². The van der Waals surface area contributed by atoms with Crippen molar-refractivity contribution in [3.63, 3.8) is 0 Å². The highest BCUT2D eigenvalue weighted by Gasteiger charge is 2.29. The van der Waals surface area contributed by atoms with E-state index >= 15 is 0 Å². The zero-order valence-corrected chi connectivity index (χ0v) is 11.2. The first-order valence-corrected chi connectivity index (χ1v) is 6.43. The summed E-state index contributed by atoms with van der Waals surface area (Å²) in [6.07, 6.45) is -0.240. The van der Waals surface area contributed by atoms with Crippen molar-refractivity contribution in [1.82, 2.24) is 5.32 Å². The molecule has 0 fully saturated rings. The van der Waals surface area contributed by atoms with E-state index in [1.54, 1.807) is 0 Å². The quantitative estimate of drug-likeness (QED) is 0.864. The number of hydrogen-bond donors (Lipinski definition) is 1. The molecule has 4 heteroatoms. The molecule has 0 saturated heterocycles. The van der Waals surface area contributed by atoms with Crippen molar-refractivity contribution in [2.75, 3.05) is 11.9 Å². The van der Waals surface area contributed by atoms with Crippen LogP contribution in [0, 0.1) is 0 Å². The molecule has 1 heterocycles. The van der Waals surface area contributed by atoms with Crippen LogP contribution >= 0.6 is 11.6 Å². The number of rotatable bonds is 1. The standard InChI is InChI=1S/C15H13ClN2O/c1-18-13-9-5-3-7-11(13)15(19)17-14(18)10-6-2-4-8-12(10)16/h2-9,14H,1H3,(H,17,19). The molecule has 3 nitrogen and oxygen atoms in total. The van der Waals surface area contributed by atoms with Gasteiger partial charge in [-0.3, -0.25) is 4.79 Å². The molecule has 1 aliphatic rings. The fourth-order valence-corrected chi connectivity index (χ4v) is 2.63. The predicted molar refractivity (Wildman–Crippen MR) is 76.5 cm³/mol. The van der Waals surface area contributed by atoms with Gasteiger partial charge in [0.1, 0.15) is 6.17 Å². The second-order valence-electron chi connectivity index (χ2n) is 4.53. The molecule has 1 unspecified atom stereocenters. The van der Waals surface area contributed by atoms with Crippen LogP contribution < -0.4 is 10.2 Å². The van der Waals surface area contributed by atoms with Crippen LogP contribution in [0.25, 0.3) is 0 Å². The second kappa shape index (κ2) is 4.59. The summed E-state index contributed by atoms with van der Waals surface area (Å²) in [4.78, 5) is 14.2. The van der Waals surface area contributed by atoms with E-state index in [0.29, 0.717) is 10.6 Å². The molecular weight excluding hydrogens is 260 g/mol. The number of hydrogen-bond acceptors (Lipinski definition) is 2. The van der Waals surface area contributed by atoms with Gasteiger partial charge in [-0.1, -0.05) is 41.9 Å². The molecule has 0 saturated carbocycles. The molecule has 0 aliphatic carbocycles. The minimum absolute atomic E-state index is 0.0707. The Morgan fingerprint density at radius 2 is 1.79 bits per heavy atom. The van der Waals surface area contributed by atoms with Crippen molar-refractivity contribution < 1.29 is 4.79 Å². The van der Waals surface area contributed by atoms with E-state index in [1.807, 2.05) is 60.5 Å². The lowest BCUT2D eigenvalue weighted by Gasteiger charge is -2.36. The van der Waals surface area contributed by atoms with Crippen LogP contribution in [-0.4, -0.2) is 13.0 Å². The lowest BCUT2D eigenvalue weighted by Crippen LogP contribution is -2.44. The maximum Gasteiger partial charge on any atom is 0.255 e. The van der Waals surface area contributed by atoms with E-state index in [4.69, 9.17) is 11.6 Å². The van der Waals surface area contributed by atoms with Gasteiger partial charge >= 0.3 is 0 Å². The normalized spacial score (nSPS) is 17.9. The molecule has 2 aromatic carbocycles. The number of nitrogens with one attached hydrogen (secondary N) is 1. The van der Waals surface area contributed by atoms with E-state index in [9.17, 15) is 4.79 Å². The van der Waals surface area contributed by atoms with Crippen molar-refractivity contribution in [3.8, 4) is 0 Å². The highest BCUT2D eigenvalue weighted by molar-refractivity contribution is 6.31. The highest BCUT2D eigenvalue weighted by atomic mass is 35.5. The second-order valence-corrected chi connectivity index (χ2v) is 4.93. The van der Waals surface area contributed by atoms with Crippen molar-refractivity contribution in [2.24, 2.45) is 0 Å². The number of halogens is 1. The zero-order chi connectivity index (χ0) is 13.4. The molecule has 0 bridgehead atoms. The fraction of sp³-hybridized carbons (Fsp3) is 0.133. The SMILES string of the molecule is CN1c2ccccc2C(=O)NC1c1ccccc1Cl. The fourth-order valence-electron chi connectivity index (χ4n) is 2.39. The Morgan fingerprint density at radius 3 is 2.58 bits per heavy atom. The van der Waals surface area contributed by atoms with Gasteiger partial charge in [0, 0.05) is 17.6 Å². The Bertz CT molecular complexity index is 642. The van der Waals surface area contributed by atoms with Crippen molar-refractivity contribution in [2.45, 2.75) is 6.17 Å². The third-order valence-corrected chi connectivity index (χ3v) is 3.73. The minimum Gasteiger partial charge on any atom is -0.350 e. The predicted octanol–water partition coefficient (Wildman–Crippen LogP) is 3.22. The van der Waals surface area contributed by atoms with Gasteiger partial charge in [0.15, 0.2) is 0 Å².